The van der Waals surface area contributed by atoms with E-state index in [1.807, 2.05) is 0 Å². The number of rotatable bonds is 5. The summed E-state index contributed by atoms with van der Waals surface area (Å²) < 4.78 is 11.2. The van der Waals surface area contributed by atoms with Crippen molar-refractivity contribution in [2.24, 2.45) is 11.3 Å². The van der Waals surface area contributed by atoms with Gasteiger partial charge in [-0.1, -0.05) is 0 Å². The summed E-state index contributed by atoms with van der Waals surface area (Å²) in [5, 5.41) is 1.49. The van der Waals surface area contributed by atoms with Gasteiger partial charge in [0, 0.05) is 0 Å². The maximum atomic E-state index is 6.53. The van der Waals surface area contributed by atoms with Crippen LogP contribution >= 0.6 is 48.0 Å². The van der Waals surface area contributed by atoms with Crippen LogP contribution in [0, 0.1) is 11.3 Å². The molecule has 0 N–H and O–H groups in total. The summed E-state index contributed by atoms with van der Waals surface area (Å²) in [6.45, 7) is 9.27. The normalized spacial score (nSPS) is 16.0. The summed E-state index contributed by atoms with van der Waals surface area (Å²) in [6, 6.07) is 33.1. The molecule has 1 unspecified atom stereocenters. The molecule has 0 radical (unpaired) electrons. The molecule has 4 aromatic carbocycles. The molecule has 0 bridgehead atoms. The van der Waals surface area contributed by atoms with Gasteiger partial charge in [-0.15, -0.1) is 24.8 Å². The fourth-order valence-corrected chi connectivity index (χ4v) is 23.9. The molecule has 6 rings (SSSR count). The zero-order valence-electron chi connectivity index (χ0n) is 24.6. The molecule has 1 atom stereocenters. The van der Waals surface area contributed by atoms with E-state index in [1.54, 1.807) is 0 Å². The van der Waals surface area contributed by atoms with E-state index in [4.69, 9.17) is 27.4 Å². The Kier molecular flexibility index (Phi) is 9.47. The first-order chi connectivity index (χ1) is 19.1. The first-order valence-corrected chi connectivity index (χ1v) is 21.7. The number of benzene rings is 4. The van der Waals surface area contributed by atoms with Gasteiger partial charge in [0.1, 0.15) is 0 Å². The second kappa shape index (κ2) is 12.0. The number of fused-ring (bicyclic) bond motifs is 3. The number of halogens is 4. The molecule has 0 aromatic heterocycles. The maximum absolute atomic E-state index is 6.53. The summed E-state index contributed by atoms with van der Waals surface area (Å²) in [6.07, 6.45) is 7.02. The average molecular weight is 716 g/mol. The Labute approximate surface area is 274 Å². The molecule has 0 saturated carbocycles. The molecule has 0 saturated heterocycles. The van der Waals surface area contributed by atoms with Gasteiger partial charge >= 0.3 is 252 Å². The van der Waals surface area contributed by atoms with Crippen LogP contribution < -0.4 is 9.81 Å². The van der Waals surface area contributed by atoms with Crippen LogP contribution in [0.4, 0.5) is 0 Å². The van der Waals surface area contributed by atoms with Gasteiger partial charge in [-0.05, 0) is 0 Å². The molecule has 0 aliphatic heterocycles. The predicted octanol–water partition coefficient (Wildman–Crippen LogP) is 9.70. The van der Waals surface area contributed by atoms with Crippen LogP contribution in [-0.4, -0.2) is 4.21 Å². The van der Waals surface area contributed by atoms with E-state index in [1.165, 1.54) is 40.9 Å². The second-order valence-corrected chi connectivity index (χ2v) is 26.2. The summed E-state index contributed by atoms with van der Waals surface area (Å²) >= 11 is 8.18. The van der Waals surface area contributed by atoms with Gasteiger partial charge in [0.25, 0.3) is 0 Å². The predicted molar refractivity (Wildman–Crippen MR) is 188 cm³/mol. The molecule has 4 aromatic rings. The van der Waals surface area contributed by atoms with Crippen LogP contribution in [0.2, 0.25) is 10.0 Å². The number of hydrogen-bond acceptors (Lipinski definition) is 0. The van der Waals surface area contributed by atoms with Crippen molar-refractivity contribution in [2.75, 3.05) is 0 Å². The fraction of sp³-hybridized carbons (Fsp3) is 0.216. The number of hydrogen-bond donors (Lipinski definition) is 0. The van der Waals surface area contributed by atoms with E-state index in [0.29, 0.717) is 5.92 Å². The Balaban J connectivity index is 0.00000202. The topological polar surface area (TPSA) is 0 Å². The third-order valence-corrected chi connectivity index (χ3v) is 26.3. The third kappa shape index (κ3) is 4.99. The van der Waals surface area contributed by atoms with Crippen molar-refractivity contribution in [3.8, 4) is 11.1 Å². The van der Waals surface area contributed by atoms with Crippen molar-refractivity contribution in [1.29, 1.82) is 0 Å². The summed E-state index contributed by atoms with van der Waals surface area (Å²) in [4.78, 5) is 0. The van der Waals surface area contributed by atoms with Gasteiger partial charge in [-0.3, -0.25) is 0 Å². The standard InChI is InChI=1S/C13H9.C11H17.2C6H4Cl.CH2.2ClH.Zr/c1-3-7-12-10(5-1)9-11-6-2-4-8-13(11)12;1-5-9-6-7-10(8-9)11(2,3)4;2*7-6-4-2-1-3-5-6;;;;/h1-5,7-8H,9H2;7-9H,5H2,1-4H3;2*2-5H;1H2;2*1H;. The molecule has 42 heavy (non-hydrogen) atoms. The molecule has 0 fully saturated rings. The van der Waals surface area contributed by atoms with Gasteiger partial charge in [0.05, 0.1) is 0 Å². The van der Waals surface area contributed by atoms with E-state index in [0.717, 1.165) is 22.9 Å². The van der Waals surface area contributed by atoms with Crippen LogP contribution in [0.3, 0.4) is 0 Å². The summed E-state index contributed by atoms with van der Waals surface area (Å²) in [7, 11) is 0. The van der Waals surface area contributed by atoms with Crippen LogP contribution in [-0.2, 0) is 24.7 Å². The Morgan fingerprint density at radius 2 is 1.31 bits per heavy atom. The van der Waals surface area contributed by atoms with E-state index in [9.17, 15) is 0 Å². The van der Waals surface area contributed by atoms with E-state index >= 15 is 0 Å². The van der Waals surface area contributed by atoms with Gasteiger partial charge in [0.15, 0.2) is 0 Å². The Morgan fingerprint density at radius 1 is 0.762 bits per heavy atom. The molecule has 0 spiro atoms. The van der Waals surface area contributed by atoms with Gasteiger partial charge < -0.3 is 0 Å². The molecule has 0 amide bonds. The van der Waals surface area contributed by atoms with Gasteiger partial charge in [0.2, 0.25) is 0 Å². The van der Waals surface area contributed by atoms with Crippen molar-refractivity contribution in [3.05, 3.63) is 133 Å². The zero-order valence-corrected chi connectivity index (χ0v) is 30.2. The van der Waals surface area contributed by atoms with Crippen LogP contribution in [0.15, 0.2) is 112 Å². The minimum atomic E-state index is -4.89. The molecular formula is C37H38Cl4Zr. The molecule has 2 aliphatic rings. The zero-order chi connectivity index (χ0) is 28.3. The minimum absolute atomic E-state index is 0. The first kappa shape index (κ1) is 33.2. The van der Waals surface area contributed by atoms with E-state index in [2.05, 4.69) is 131 Å². The van der Waals surface area contributed by atoms with Crippen molar-refractivity contribution in [1.82, 2.24) is 0 Å². The van der Waals surface area contributed by atoms with Gasteiger partial charge in [-0.25, -0.2) is 0 Å². The van der Waals surface area contributed by atoms with Crippen LogP contribution in [0.5, 0.6) is 0 Å². The van der Waals surface area contributed by atoms with Crippen molar-refractivity contribution >= 4 is 62.0 Å². The molecule has 0 nitrogen and oxygen atoms in total. The molecule has 5 heteroatoms. The van der Waals surface area contributed by atoms with Crippen molar-refractivity contribution in [2.45, 2.75) is 40.5 Å². The quantitative estimate of drug-likeness (QED) is 0.170. The van der Waals surface area contributed by atoms with Crippen molar-refractivity contribution in [3.63, 3.8) is 0 Å². The average Bonchev–Trinajstić information content (AvgIpc) is 3.56. The molecular weight excluding hydrogens is 677 g/mol. The van der Waals surface area contributed by atoms with Crippen molar-refractivity contribution < 1.29 is 18.3 Å². The monoisotopic (exact) mass is 712 g/mol. The van der Waals surface area contributed by atoms with E-state index < -0.39 is 18.3 Å². The number of allylic oxidation sites excluding steroid dienone is 4. The second-order valence-electron chi connectivity index (χ2n) is 12.6. The summed E-state index contributed by atoms with van der Waals surface area (Å²) in [5.41, 5.74) is 6.94. The Morgan fingerprint density at radius 3 is 1.86 bits per heavy atom. The van der Waals surface area contributed by atoms with Crippen LogP contribution in [0.1, 0.15) is 45.2 Å². The first-order valence-electron chi connectivity index (χ1n) is 14.3. The molecule has 2 aliphatic carbocycles. The Bertz CT molecular complexity index is 1700. The summed E-state index contributed by atoms with van der Waals surface area (Å²) in [5.74, 6) is 0.309. The van der Waals surface area contributed by atoms with Gasteiger partial charge in [-0.2, -0.15) is 0 Å². The molecule has 0 heterocycles. The Hall–Kier alpha value is -1.73. The molecule has 218 valence electrons. The SMILES string of the molecule is Cl.Cl.[CH2]=[Zr]([C]1=CC(C(C)(C)C)=CC1CC)([c]1ccc(Cl)cc1)([c]1ccc(Cl)cc1)[c]1cccc2c1Cc1ccccc1-2. The van der Waals surface area contributed by atoms with E-state index in [-0.39, 0.29) is 30.2 Å². The third-order valence-electron chi connectivity index (χ3n) is 9.44. The fourth-order valence-electron chi connectivity index (χ4n) is 7.28. The van der Waals surface area contributed by atoms with Crippen LogP contribution in [0.25, 0.3) is 11.1 Å².